The second-order valence-electron chi connectivity index (χ2n) is 11.5. The van der Waals surface area contributed by atoms with Crippen LogP contribution in [0.5, 0.6) is 0 Å². The molecule has 0 bridgehead atoms. The molecule has 1 aliphatic carbocycles. The van der Waals surface area contributed by atoms with Crippen molar-refractivity contribution in [2.24, 2.45) is 5.41 Å². The number of likely N-dealkylation sites (tertiary alicyclic amines) is 1. The molecule has 2 fully saturated rings. The average Bonchev–Trinajstić information content (AvgIpc) is 3.28. The first-order chi connectivity index (χ1) is 19.9. The Bertz CT molecular complexity index is 1760. The number of carbonyl (C=O) groups excluding carboxylic acids is 2. The Hall–Kier alpha value is -3.84. The van der Waals surface area contributed by atoms with Crippen LogP contribution in [0.4, 0.5) is 10.2 Å². The predicted octanol–water partition coefficient (Wildman–Crippen LogP) is 4.18. The third-order valence-corrected chi connectivity index (χ3v) is 8.83. The lowest BCUT2D eigenvalue weighted by molar-refractivity contribution is -0.138. The maximum atomic E-state index is 13.9. The summed E-state index contributed by atoms with van der Waals surface area (Å²) in [6.45, 7) is 8.85. The third-order valence-electron chi connectivity index (χ3n) is 8.28. The molecule has 13 heteroatoms. The molecule has 4 aromatic rings. The summed E-state index contributed by atoms with van der Waals surface area (Å²) in [7, 11) is 0. The van der Waals surface area contributed by atoms with E-state index in [-0.39, 0.29) is 40.2 Å². The number of hydrogen-bond acceptors (Lipinski definition) is 8. The van der Waals surface area contributed by atoms with Gasteiger partial charge >= 0.3 is 0 Å². The fourth-order valence-corrected chi connectivity index (χ4v) is 6.26. The van der Waals surface area contributed by atoms with E-state index in [1.165, 1.54) is 6.07 Å². The number of aryl methyl sites for hydroxylation is 3. The van der Waals surface area contributed by atoms with Gasteiger partial charge in [-0.2, -0.15) is 5.10 Å². The summed E-state index contributed by atoms with van der Waals surface area (Å²) < 4.78 is 15.4. The maximum absolute atomic E-state index is 13.9. The molecule has 0 aromatic carbocycles. The molecule has 1 saturated carbocycles. The van der Waals surface area contributed by atoms with Crippen LogP contribution in [-0.4, -0.2) is 63.6 Å². The standard InChI is InChI=1S/C29H30BrFN8O3/c1-13-6-19(31)26(30)35-27(13)36-28(42)21-8-29(5)9-22(29)39(21)23(41)12-38-25-14(2)34-20(17-10-32-16(4)33-11-17)7-18(25)24(37-38)15(3)40/h6-7,10-11,15,21-22,40H,8-9,12H2,1-5H3,(H,35,36,42)/t15?,21-,22?,29-/m0/s1. The van der Waals surface area contributed by atoms with Gasteiger partial charge in [0, 0.05) is 29.4 Å². The highest BCUT2D eigenvalue weighted by Gasteiger charge is 2.64. The SMILES string of the molecule is Cc1ncc(-c2cc3c(C(C)O)nn(CC(=O)N4C5C[C@]5(C)C[C@H]4C(=O)Nc4nc(Br)c(F)cc4C)c3c(C)n2)cn1. The lowest BCUT2D eigenvalue weighted by Gasteiger charge is -2.27. The number of nitrogens with zero attached hydrogens (tertiary/aromatic N) is 7. The summed E-state index contributed by atoms with van der Waals surface area (Å²) >= 11 is 3.07. The summed E-state index contributed by atoms with van der Waals surface area (Å²) in [5.41, 5.74) is 3.37. The third kappa shape index (κ3) is 4.83. The monoisotopic (exact) mass is 636 g/mol. The van der Waals surface area contributed by atoms with Crippen LogP contribution < -0.4 is 5.32 Å². The number of amides is 2. The number of nitrogens with one attached hydrogen (secondary N) is 1. The number of aliphatic hydroxyl groups is 1. The summed E-state index contributed by atoms with van der Waals surface area (Å²) in [6, 6.07) is 2.34. The molecule has 0 spiro atoms. The van der Waals surface area contributed by atoms with E-state index in [0.29, 0.717) is 45.8 Å². The number of carbonyl (C=O) groups is 2. The number of hydrogen-bond donors (Lipinski definition) is 2. The van der Waals surface area contributed by atoms with Gasteiger partial charge < -0.3 is 15.3 Å². The van der Waals surface area contributed by atoms with Crippen molar-refractivity contribution in [3.63, 3.8) is 0 Å². The highest BCUT2D eigenvalue weighted by atomic mass is 79.9. The number of fused-ring (bicyclic) bond motifs is 2. The molecule has 5 heterocycles. The van der Waals surface area contributed by atoms with Crippen LogP contribution in [0.3, 0.4) is 0 Å². The van der Waals surface area contributed by atoms with Crippen molar-refractivity contribution in [1.82, 2.24) is 34.6 Å². The van der Waals surface area contributed by atoms with E-state index in [0.717, 1.165) is 12.0 Å². The van der Waals surface area contributed by atoms with Gasteiger partial charge in [0.2, 0.25) is 11.8 Å². The van der Waals surface area contributed by atoms with Crippen LogP contribution in [0.15, 0.2) is 29.1 Å². The zero-order valence-corrected chi connectivity index (χ0v) is 25.4. The molecule has 4 aromatic heterocycles. The van der Waals surface area contributed by atoms with Gasteiger partial charge in [-0.25, -0.2) is 19.3 Å². The fourth-order valence-electron chi connectivity index (χ4n) is 5.97. The number of aromatic nitrogens is 6. The van der Waals surface area contributed by atoms with Gasteiger partial charge in [0.1, 0.15) is 28.8 Å². The minimum atomic E-state index is -0.893. The molecule has 2 aliphatic rings. The Morgan fingerprint density at radius 1 is 1.19 bits per heavy atom. The lowest BCUT2D eigenvalue weighted by atomic mass is 10.0. The van der Waals surface area contributed by atoms with E-state index in [2.05, 4.69) is 48.2 Å². The molecular weight excluding hydrogens is 607 g/mol. The summed E-state index contributed by atoms with van der Waals surface area (Å²) in [4.78, 5) is 46.4. The van der Waals surface area contributed by atoms with E-state index in [4.69, 9.17) is 4.98 Å². The predicted molar refractivity (Wildman–Crippen MR) is 156 cm³/mol. The quantitative estimate of drug-likeness (QED) is 0.301. The topological polar surface area (TPSA) is 139 Å². The van der Waals surface area contributed by atoms with Crippen LogP contribution in [0.1, 0.15) is 55.6 Å². The molecule has 1 aliphatic heterocycles. The highest BCUT2D eigenvalue weighted by molar-refractivity contribution is 9.10. The van der Waals surface area contributed by atoms with Gasteiger partial charge in [0.05, 0.1) is 28.7 Å². The van der Waals surface area contributed by atoms with E-state index in [1.807, 2.05) is 13.0 Å². The van der Waals surface area contributed by atoms with E-state index in [9.17, 15) is 19.1 Å². The number of rotatable bonds is 6. The molecule has 42 heavy (non-hydrogen) atoms. The van der Waals surface area contributed by atoms with Crippen molar-refractivity contribution in [3.8, 4) is 11.3 Å². The molecule has 218 valence electrons. The highest BCUT2D eigenvalue weighted by Crippen LogP contribution is 2.59. The second kappa shape index (κ2) is 10.2. The minimum absolute atomic E-state index is 0.000851. The number of pyridine rings is 2. The second-order valence-corrected chi connectivity index (χ2v) is 12.3. The summed E-state index contributed by atoms with van der Waals surface area (Å²) in [5.74, 6) is -0.274. The Balaban J connectivity index is 1.31. The van der Waals surface area contributed by atoms with Gasteiger partial charge in [0.25, 0.3) is 0 Å². The fraction of sp³-hybridized carbons (Fsp3) is 0.414. The van der Waals surface area contributed by atoms with Crippen LogP contribution >= 0.6 is 15.9 Å². The van der Waals surface area contributed by atoms with E-state index >= 15 is 0 Å². The number of aliphatic hydroxyl groups excluding tert-OH is 1. The molecule has 2 amide bonds. The normalized spacial score (nSPS) is 21.9. The maximum Gasteiger partial charge on any atom is 0.248 e. The van der Waals surface area contributed by atoms with Crippen molar-refractivity contribution in [1.29, 1.82) is 0 Å². The van der Waals surface area contributed by atoms with E-state index in [1.54, 1.807) is 42.7 Å². The molecule has 0 radical (unpaired) electrons. The molecule has 4 atom stereocenters. The van der Waals surface area contributed by atoms with Crippen molar-refractivity contribution < 1.29 is 19.1 Å². The molecule has 2 unspecified atom stereocenters. The van der Waals surface area contributed by atoms with Crippen molar-refractivity contribution in [2.45, 2.75) is 72.2 Å². The molecule has 11 nitrogen and oxygen atoms in total. The van der Waals surface area contributed by atoms with Crippen molar-refractivity contribution in [3.05, 3.63) is 57.7 Å². The number of piperidine rings is 1. The molecular formula is C29H30BrFN8O3. The zero-order chi connectivity index (χ0) is 30.1. The molecule has 6 rings (SSSR count). The van der Waals surface area contributed by atoms with Crippen LogP contribution in [-0.2, 0) is 16.1 Å². The van der Waals surface area contributed by atoms with E-state index < -0.39 is 18.0 Å². The number of halogens is 2. The van der Waals surface area contributed by atoms with Gasteiger partial charge in [-0.05, 0) is 79.6 Å². The average molecular weight is 638 g/mol. The lowest BCUT2D eigenvalue weighted by Crippen LogP contribution is -2.47. The summed E-state index contributed by atoms with van der Waals surface area (Å²) in [5, 5.41) is 18.7. The van der Waals surface area contributed by atoms with Crippen LogP contribution in [0.2, 0.25) is 0 Å². The van der Waals surface area contributed by atoms with Gasteiger partial charge in [0.15, 0.2) is 5.82 Å². The summed E-state index contributed by atoms with van der Waals surface area (Å²) in [6.07, 6.45) is 3.81. The van der Waals surface area contributed by atoms with Crippen LogP contribution in [0, 0.1) is 32.0 Å². The smallest absolute Gasteiger partial charge is 0.248 e. The Morgan fingerprint density at radius 3 is 2.60 bits per heavy atom. The van der Waals surface area contributed by atoms with Gasteiger partial charge in [-0.1, -0.05) is 6.92 Å². The van der Waals surface area contributed by atoms with Crippen molar-refractivity contribution >= 4 is 44.5 Å². The van der Waals surface area contributed by atoms with Gasteiger partial charge in [-0.15, -0.1) is 0 Å². The van der Waals surface area contributed by atoms with Crippen molar-refractivity contribution in [2.75, 3.05) is 5.32 Å². The number of anilines is 1. The first-order valence-electron chi connectivity index (χ1n) is 13.7. The first kappa shape index (κ1) is 28.3. The molecule has 2 N–H and O–H groups in total. The largest absolute Gasteiger partial charge is 0.387 e. The van der Waals surface area contributed by atoms with Crippen LogP contribution in [0.25, 0.3) is 22.2 Å². The zero-order valence-electron chi connectivity index (χ0n) is 23.8. The Morgan fingerprint density at radius 2 is 1.90 bits per heavy atom. The first-order valence-corrected chi connectivity index (χ1v) is 14.5. The Labute approximate surface area is 249 Å². The van der Waals surface area contributed by atoms with Gasteiger partial charge in [-0.3, -0.25) is 19.3 Å². The molecule has 1 saturated heterocycles. The minimum Gasteiger partial charge on any atom is -0.387 e. The Kier molecular flexibility index (Phi) is 6.84.